The summed E-state index contributed by atoms with van der Waals surface area (Å²) in [6.45, 7) is 1.61. The third kappa shape index (κ3) is 5.37. The lowest BCUT2D eigenvalue weighted by Crippen LogP contribution is -2.51. The molecule has 2 N–H and O–H groups in total. The maximum absolute atomic E-state index is 12.2. The fourth-order valence-corrected chi connectivity index (χ4v) is 3.49. The van der Waals surface area contributed by atoms with Crippen molar-refractivity contribution in [3.8, 4) is 0 Å². The Hall–Kier alpha value is -2.24. The Kier molecular flexibility index (Phi) is 6.14. The number of nitrogens with zero attached hydrogens (tertiary/aromatic N) is 1. The second-order valence-corrected chi connectivity index (χ2v) is 6.90. The normalized spacial score (nSPS) is 18.8. The maximum atomic E-state index is 12.2. The predicted octanol–water partition coefficient (Wildman–Crippen LogP) is 3.03. The minimum atomic E-state index is -0.391. The van der Waals surface area contributed by atoms with Crippen LogP contribution in [0.5, 0.6) is 0 Å². The third-order valence-corrected chi connectivity index (χ3v) is 5.00. The molecule has 6 nitrogen and oxygen atoms in total. The Balaban J connectivity index is 1.34. The fraction of sp³-hybridized carbons (Fsp3) is 0.579. The van der Waals surface area contributed by atoms with Gasteiger partial charge in [-0.05, 0) is 31.2 Å². The van der Waals surface area contributed by atoms with Gasteiger partial charge in [0, 0.05) is 25.2 Å². The van der Waals surface area contributed by atoms with Crippen molar-refractivity contribution in [1.29, 1.82) is 0 Å². The van der Waals surface area contributed by atoms with Crippen LogP contribution in [-0.2, 0) is 11.3 Å². The molecular weight excluding hydrogens is 318 g/mol. The monoisotopic (exact) mass is 345 g/mol. The third-order valence-electron chi connectivity index (χ3n) is 5.00. The molecule has 1 heterocycles. The molecule has 25 heavy (non-hydrogen) atoms. The van der Waals surface area contributed by atoms with Gasteiger partial charge in [0.15, 0.2) is 0 Å². The van der Waals surface area contributed by atoms with Gasteiger partial charge in [0.05, 0.1) is 0 Å². The van der Waals surface area contributed by atoms with E-state index in [9.17, 15) is 9.59 Å². The molecule has 2 aliphatic rings. The van der Waals surface area contributed by atoms with Crippen LogP contribution in [0.3, 0.4) is 0 Å². The summed E-state index contributed by atoms with van der Waals surface area (Å²) < 4.78 is 5.25. The van der Waals surface area contributed by atoms with E-state index in [0.29, 0.717) is 19.1 Å². The van der Waals surface area contributed by atoms with Gasteiger partial charge >= 0.3 is 12.1 Å². The van der Waals surface area contributed by atoms with E-state index in [0.717, 1.165) is 31.2 Å². The molecule has 0 bridgehead atoms. The van der Waals surface area contributed by atoms with Crippen LogP contribution in [0.2, 0.25) is 0 Å². The molecule has 3 amide bonds. The summed E-state index contributed by atoms with van der Waals surface area (Å²) in [5, 5.41) is 6.02. The van der Waals surface area contributed by atoms with Crippen LogP contribution in [0.25, 0.3) is 0 Å². The smallest absolute Gasteiger partial charge is 0.407 e. The highest BCUT2D eigenvalue weighted by Crippen LogP contribution is 2.18. The molecule has 0 unspecified atom stereocenters. The van der Waals surface area contributed by atoms with Crippen LogP contribution < -0.4 is 10.6 Å². The fourth-order valence-electron chi connectivity index (χ4n) is 3.49. The van der Waals surface area contributed by atoms with Gasteiger partial charge in [-0.3, -0.25) is 0 Å². The molecule has 0 aromatic heterocycles. The van der Waals surface area contributed by atoms with Crippen molar-refractivity contribution in [2.75, 3.05) is 13.1 Å². The zero-order valence-electron chi connectivity index (χ0n) is 14.6. The van der Waals surface area contributed by atoms with E-state index in [2.05, 4.69) is 10.6 Å². The number of piperidine rings is 1. The van der Waals surface area contributed by atoms with E-state index in [4.69, 9.17) is 4.74 Å². The van der Waals surface area contributed by atoms with Crippen molar-refractivity contribution in [3.05, 3.63) is 35.9 Å². The first-order chi connectivity index (χ1) is 12.2. The van der Waals surface area contributed by atoms with Gasteiger partial charge in [0.25, 0.3) is 0 Å². The molecule has 6 heteroatoms. The zero-order valence-corrected chi connectivity index (χ0v) is 14.6. The van der Waals surface area contributed by atoms with Gasteiger partial charge in [-0.15, -0.1) is 0 Å². The molecule has 2 fully saturated rings. The molecule has 1 aromatic rings. The van der Waals surface area contributed by atoms with Crippen LogP contribution in [0.15, 0.2) is 30.3 Å². The number of carbonyl (C=O) groups excluding carboxylic acids is 2. The molecule has 1 aromatic carbocycles. The Morgan fingerprint density at radius 2 is 1.60 bits per heavy atom. The summed E-state index contributed by atoms with van der Waals surface area (Å²) in [5.41, 5.74) is 0.969. The Morgan fingerprint density at radius 1 is 0.960 bits per heavy atom. The minimum absolute atomic E-state index is 0.0389. The summed E-state index contributed by atoms with van der Waals surface area (Å²) in [6, 6.07) is 10.1. The number of alkyl carbamates (subject to hydrolysis) is 1. The van der Waals surface area contributed by atoms with E-state index >= 15 is 0 Å². The number of urea groups is 1. The van der Waals surface area contributed by atoms with Crippen LogP contribution >= 0.6 is 0 Å². The van der Waals surface area contributed by atoms with E-state index in [1.54, 1.807) is 0 Å². The second kappa shape index (κ2) is 8.74. The topological polar surface area (TPSA) is 70.7 Å². The van der Waals surface area contributed by atoms with Crippen molar-refractivity contribution in [3.63, 3.8) is 0 Å². The lowest BCUT2D eigenvalue weighted by molar-refractivity contribution is 0.128. The number of rotatable bonds is 4. The van der Waals surface area contributed by atoms with E-state index in [-0.39, 0.29) is 18.7 Å². The van der Waals surface area contributed by atoms with Crippen molar-refractivity contribution in [1.82, 2.24) is 15.5 Å². The number of nitrogens with one attached hydrogen (secondary N) is 2. The molecule has 1 saturated heterocycles. The number of benzene rings is 1. The lowest BCUT2D eigenvalue weighted by Gasteiger charge is -2.33. The van der Waals surface area contributed by atoms with Crippen LogP contribution in [0.4, 0.5) is 9.59 Å². The summed E-state index contributed by atoms with van der Waals surface area (Å²) in [5.74, 6) is 0. The van der Waals surface area contributed by atoms with Gasteiger partial charge in [0.2, 0.25) is 0 Å². The number of likely N-dealkylation sites (tertiary alicyclic amines) is 1. The van der Waals surface area contributed by atoms with Crippen molar-refractivity contribution >= 4 is 12.1 Å². The van der Waals surface area contributed by atoms with Gasteiger partial charge in [-0.1, -0.05) is 43.2 Å². The number of hydrogen-bond acceptors (Lipinski definition) is 3. The Bertz CT molecular complexity index is 565. The highest BCUT2D eigenvalue weighted by molar-refractivity contribution is 5.74. The van der Waals surface area contributed by atoms with E-state index in [1.165, 1.54) is 12.8 Å². The molecule has 1 aliphatic carbocycles. The SMILES string of the molecule is O=C(NC1CCN(C(=O)NC2CCCC2)CC1)OCc1ccccc1. The van der Waals surface area contributed by atoms with Gasteiger partial charge in [-0.25, -0.2) is 9.59 Å². The standard InChI is InChI=1S/C19H27N3O3/c23-18(20-16-8-4-5-9-16)22-12-10-17(11-13-22)21-19(24)25-14-15-6-2-1-3-7-15/h1-3,6-7,16-17H,4-5,8-14H2,(H,20,23)(H,21,24). The quantitative estimate of drug-likeness (QED) is 0.881. The van der Waals surface area contributed by atoms with Gasteiger partial charge in [-0.2, -0.15) is 0 Å². The van der Waals surface area contributed by atoms with Gasteiger partial charge < -0.3 is 20.3 Å². The van der Waals surface area contributed by atoms with Crippen LogP contribution in [-0.4, -0.2) is 42.2 Å². The Labute approximate surface area is 148 Å². The molecule has 136 valence electrons. The molecular formula is C19H27N3O3. The molecule has 0 spiro atoms. The van der Waals surface area contributed by atoms with Gasteiger partial charge in [0.1, 0.15) is 6.61 Å². The average Bonchev–Trinajstić information content (AvgIpc) is 3.14. The van der Waals surface area contributed by atoms with Crippen LogP contribution in [0.1, 0.15) is 44.1 Å². The summed E-state index contributed by atoms with van der Waals surface area (Å²) in [6.07, 6.45) is 5.74. The number of ether oxygens (including phenoxy) is 1. The Morgan fingerprint density at radius 3 is 2.28 bits per heavy atom. The summed E-state index contributed by atoms with van der Waals surface area (Å²) in [7, 11) is 0. The second-order valence-electron chi connectivity index (χ2n) is 6.90. The number of hydrogen-bond donors (Lipinski definition) is 2. The highest BCUT2D eigenvalue weighted by atomic mass is 16.5. The van der Waals surface area contributed by atoms with Crippen molar-refractivity contribution in [2.24, 2.45) is 0 Å². The van der Waals surface area contributed by atoms with E-state index < -0.39 is 6.09 Å². The van der Waals surface area contributed by atoms with Crippen LogP contribution in [0, 0.1) is 0 Å². The zero-order chi connectivity index (χ0) is 17.5. The molecule has 0 atom stereocenters. The first-order valence-electron chi connectivity index (χ1n) is 9.23. The molecule has 1 saturated carbocycles. The minimum Gasteiger partial charge on any atom is -0.445 e. The number of carbonyl (C=O) groups is 2. The van der Waals surface area contributed by atoms with Crippen molar-refractivity contribution < 1.29 is 14.3 Å². The predicted molar refractivity (Wildman–Crippen MR) is 95.1 cm³/mol. The first kappa shape index (κ1) is 17.6. The molecule has 1 aliphatic heterocycles. The maximum Gasteiger partial charge on any atom is 0.407 e. The first-order valence-corrected chi connectivity index (χ1v) is 9.23. The lowest BCUT2D eigenvalue weighted by atomic mass is 10.1. The largest absolute Gasteiger partial charge is 0.445 e. The van der Waals surface area contributed by atoms with Crippen molar-refractivity contribution in [2.45, 2.75) is 57.2 Å². The highest BCUT2D eigenvalue weighted by Gasteiger charge is 2.26. The summed E-state index contributed by atoms with van der Waals surface area (Å²) >= 11 is 0. The van der Waals surface area contributed by atoms with E-state index in [1.807, 2.05) is 35.2 Å². The molecule has 3 rings (SSSR count). The molecule has 0 radical (unpaired) electrons. The average molecular weight is 345 g/mol. The number of amides is 3. The summed E-state index contributed by atoms with van der Waals surface area (Å²) in [4.78, 5) is 26.0.